The molecule has 86 valence electrons. The monoisotopic (exact) mass is 220 g/mol. The molecule has 0 aliphatic heterocycles. The molecule has 6 nitrogen and oxygen atoms in total. The van der Waals surface area contributed by atoms with Crippen molar-refractivity contribution < 1.29 is 0 Å². The van der Waals surface area contributed by atoms with Crippen molar-refractivity contribution in [1.82, 2.24) is 29.9 Å². The molecule has 0 aliphatic rings. The molecule has 0 atom stereocenters. The Morgan fingerprint density at radius 1 is 1.44 bits per heavy atom. The van der Waals surface area contributed by atoms with E-state index in [4.69, 9.17) is 0 Å². The second-order valence-electron chi connectivity index (χ2n) is 3.65. The van der Waals surface area contributed by atoms with Crippen LogP contribution in [0.1, 0.15) is 11.5 Å². The minimum atomic E-state index is 0.707. The fourth-order valence-corrected chi connectivity index (χ4v) is 1.56. The Kier molecular flexibility index (Phi) is 3.31. The van der Waals surface area contributed by atoms with Crippen molar-refractivity contribution in [1.29, 1.82) is 0 Å². The lowest BCUT2D eigenvalue weighted by Gasteiger charge is -2.01. The lowest BCUT2D eigenvalue weighted by atomic mass is 10.3. The molecule has 0 aromatic carbocycles. The van der Waals surface area contributed by atoms with Crippen molar-refractivity contribution in [2.75, 3.05) is 7.05 Å². The van der Waals surface area contributed by atoms with Crippen molar-refractivity contribution in [3.8, 4) is 0 Å². The summed E-state index contributed by atoms with van der Waals surface area (Å²) in [6.07, 6.45) is 4.49. The molecule has 2 aromatic rings. The van der Waals surface area contributed by atoms with Gasteiger partial charge in [-0.05, 0) is 13.1 Å². The topological polar surface area (TPSA) is 60.6 Å². The van der Waals surface area contributed by atoms with E-state index in [0.29, 0.717) is 6.54 Å². The fourth-order valence-electron chi connectivity index (χ4n) is 1.56. The quantitative estimate of drug-likeness (QED) is 0.769. The van der Waals surface area contributed by atoms with Crippen LogP contribution in [0.5, 0.6) is 0 Å². The number of aryl methyl sites for hydroxylation is 3. The molecule has 0 aliphatic carbocycles. The van der Waals surface area contributed by atoms with Crippen LogP contribution in [0.4, 0.5) is 0 Å². The summed E-state index contributed by atoms with van der Waals surface area (Å²) in [5, 5.41) is 11.5. The summed E-state index contributed by atoms with van der Waals surface area (Å²) in [5.41, 5.74) is 1.20. The molecule has 1 N–H and O–H groups in total. The summed E-state index contributed by atoms with van der Waals surface area (Å²) in [5.74, 6) is 0.826. The van der Waals surface area contributed by atoms with Gasteiger partial charge in [0.2, 0.25) is 0 Å². The highest BCUT2D eigenvalue weighted by atomic mass is 15.3. The average molecular weight is 220 g/mol. The van der Waals surface area contributed by atoms with Crippen LogP contribution < -0.4 is 5.32 Å². The van der Waals surface area contributed by atoms with Crippen LogP contribution in [0.2, 0.25) is 0 Å². The second kappa shape index (κ2) is 4.89. The summed E-state index contributed by atoms with van der Waals surface area (Å²) in [6.45, 7) is 1.54. The zero-order valence-corrected chi connectivity index (χ0v) is 9.59. The Hall–Kier alpha value is -1.69. The Morgan fingerprint density at radius 2 is 2.31 bits per heavy atom. The minimum absolute atomic E-state index is 0.707. The predicted molar refractivity (Wildman–Crippen MR) is 59.7 cm³/mol. The molecule has 2 rings (SSSR count). The molecular formula is C10H16N6. The smallest absolute Gasteiger partial charge is 0.164 e. The highest BCUT2D eigenvalue weighted by Crippen LogP contribution is 1.99. The normalized spacial score (nSPS) is 10.9. The number of nitrogens with zero attached hydrogens (tertiary/aromatic N) is 5. The number of hydrogen-bond acceptors (Lipinski definition) is 4. The summed E-state index contributed by atoms with van der Waals surface area (Å²) in [7, 11) is 3.83. The van der Waals surface area contributed by atoms with E-state index in [1.807, 2.05) is 35.7 Å². The lowest BCUT2D eigenvalue weighted by molar-refractivity contribution is 0.576. The molecular weight excluding hydrogens is 204 g/mol. The largest absolute Gasteiger partial charge is 0.313 e. The molecule has 0 unspecified atom stereocenters. The first-order chi connectivity index (χ1) is 7.79. The molecule has 0 radical (unpaired) electrons. The molecule has 0 amide bonds. The third kappa shape index (κ3) is 2.46. The second-order valence-corrected chi connectivity index (χ2v) is 3.65. The zero-order valence-electron chi connectivity index (χ0n) is 9.59. The highest BCUT2D eigenvalue weighted by Gasteiger charge is 2.02. The van der Waals surface area contributed by atoms with E-state index in [9.17, 15) is 0 Å². The zero-order chi connectivity index (χ0) is 11.4. The van der Waals surface area contributed by atoms with E-state index in [-0.39, 0.29) is 0 Å². The summed E-state index contributed by atoms with van der Waals surface area (Å²) in [4.78, 5) is 4.20. The molecule has 0 bridgehead atoms. The molecule has 0 saturated carbocycles. The van der Waals surface area contributed by atoms with Crippen LogP contribution in [0.15, 0.2) is 18.6 Å². The van der Waals surface area contributed by atoms with E-state index >= 15 is 0 Å². The van der Waals surface area contributed by atoms with E-state index in [1.165, 1.54) is 5.69 Å². The van der Waals surface area contributed by atoms with Crippen LogP contribution in [0, 0.1) is 0 Å². The Balaban J connectivity index is 1.92. The number of rotatable bonds is 5. The van der Waals surface area contributed by atoms with Gasteiger partial charge in [0.1, 0.15) is 6.33 Å². The molecule has 0 spiro atoms. The third-order valence-corrected chi connectivity index (χ3v) is 2.44. The predicted octanol–water partition coefficient (Wildman–Crippen LogP) is -0.0263. The SMILES string of the molecule is CNCc1ncn(CCc2ccnn2C)n1. The molecule has 16 heavy (non-hydrogen) atoms. The van der Waals surface area contributed by atoms with E-state index in [2.05, 4.69) is 20.5 Å². The standard InChI is InChI=1S/C10H16N6/c1-11-7-10-12-8-16(14-10)6-4-9-3-5-13-15(9)2/h3,5,8,11H,4,6-7H2,1-2H3. The summed E-state index contributed by atoms with van der Waals surface area (Å²) < 4.78 is 3.74. The maximum atomic E-state index is 4.34. The Bertz CT molecular complexity index is 444. The maximum absolute atomic E-state index is 4.34. The van der Waals surface area contributed by atoms with Crippen LogP contribution in [-0.4, -0.2) is 31.6 Å². The highest BCUT2D eigenvalue weighted by molar-refractivity contribution is 4.99. The van der Waals surface area contributed by atoms with Crippen molar-refractivity contribution in [3.05, 3.63) is 30.1 Å². The van der Waals surface area contributed by atoms with Gasteiger partial charge in [-0.15, -0.1) is 0 Å². The van der Waals surface area contributed by atoms with Gasteiger partial charge in [0.05, 0.1) is 6.54 Å². The van der Waals surface area contributed by atoms with Gasteiger partial charge in [-0.1, -0.05) is 0 Å². The first kappa shape index (κ1) is 10.8. The van der Waals surface area contributed by atoms with Gasteiger partial charge in [-0.2, -0.15) is 10.2 Å². The van der Waals surface area contributed by atoms with Crippen molar-refractivity contribution in [2.45, 2.75) is 19.5 Å². The third-order valence-electron chi connectivity index (χ3n) is 2.44. The maximum Gasteiger partial charge on any atom is 0.164 e. The number of aromatic nitrogens is 5. The summed E-state index contributed by atoms with van der Waals surface area (Å²) >= 11 is 0. The minimum Gasteiger partial charge on any atom is -0.313 e. The van der Waals surface area contributed by atoms with Gasteiger partial charge in [-0.3, -0.25) is 9.36 Å². The molecule has 2 aromatic heterocycles. The lowest BCUT2D eigenvalue weighted by Crippen LogP contribution is -2.09. The van der Waals surface area contributed by atoms with E-state index in [1.54, 1.807) is 6.33 Å². The number of hydrogen-bond donors (Lipinski definition) is 1. The molecule has 2 heterocycles. The number of nitrogens with one attached hydrogen (secondary N) is 1. The van der Waals surface area contributed by atoms with Gasteiger partial charge >= 0.3 is 0 Å². The van der Waals surface area contributed by atoms with Gasteiger partial charge in [0.15, 0.2) is 5.82 Å². The molecule has 0 saturated heterocycles. The Labute approximate surface area is 94.3 Å². The van der Waals surface area contributed by atoms with Crippen LogP contribution in [0.3, 0.4) is 0 Å². The van der Waals surface area contributed by atoms with Crippen LogP contribution in [0.25, 0.3) is 0 Å². The first-order valence-corrected chi connectivity index (χ1v) is 5.29. The van der Waals surface area contributed by atoms with Crippen LogP contribution >= 0.6 is 0 Å². The first-order valence-electron chi connectivity index (χ1n) is 5.29. The van der Waals surface area contributed by atoms with E-state index in [0.717, 1.165) is 18.8 Å². The van der Waals surface area contributed by atoms with Crippen molar-refractivity contribution in [2.24, 2.45) is 7.05 Å². The van der Waals surface area contributed by atoms with Gasteiger partial charge in [-0.25, -0.2) is 4.98 Å². The van der Waals surface area contributed by atoms with Crippen molar-refractivity contribution >= 4 is 0 Å². The van der Waals surface area contributed by atoms with Crippen molar-refractivity contribution in [3.63, 3.8) is 0 Å². The van der Waals surface area contributed by atoms with Gasteiger partial charge in [0, 0.05) is 31.9 Å². The molecule has 6 heteroatoms. The van der Waals surface area contributed by atoms with Crippen LogP contribution in [-0.2, 0) is 26.6 Å². The average Bonchev–Trinajstić information content (AvgIpc) is 2.86. The fraction of sp³-hybridized carbons (Fsp3) is 0.500. The van der Waals surface area contributed by atoms with E-state index < -0.39 is 0 Å². The summed E-state index contributed by atoms with van der Waals surface area (Å²) in [6, 6.07) is 2.02. The van der Waals surface area contributed by atoms with Gasteiger partial charge < -0.3 is 5.32 Å². The Morgan fingerprint density at radius 3 is 3.00 bits per heavy atom. The van der Waals surface area contributed by atoms with Gasteiger partial charge in [0.25, 0.3) is 0 Å². The molecule has 0 fully saturated rings.